The minimum atomic E-state index is -4.71. The highest BCUT2D eigenvalue weighted by molar-refractivity contribution is 6.32. The van der Waals surface area contributed by atoms with Gasteiger partial charge in [0.2, 0.25) is 0 Å². The molecule has 29 heavy (non-hydrogen) atoms. The number of alkyl halides is 3. The van der Waals surface area contributed by atoms with Crippen LogP contribution in [0.25, 0.3) is 22.6 Å². The van der Waals surface area contributed by atoms with Crippen molar-refractivity contribution in [1.82, 2.24) is 19.9 Å². The van der Waals surface area contributed by atoms with E-state index in [0.29, 0.717) is 12.1 Å². The van der Waals surface area contributed by atoms with Gasteiger partial charge in [-0.25, -0.2) is 28.1 Å². The molecule has 0 aliphatic carbocycles. The van der Waals surface area contributed by atoms with E-state index in [9.17, 15) is 26.3 Å². The van der Waals surface area contributed by atoms with E-state index < -0.39 is 51.8 Å². The lowest BCUT2D eigenvalue weighted by molar-refractivity contribution is -0.138. The quantitative estimate of drug-likeness (QED) is 0.461. The summed E-state index contributed by atoms with van der Waals surface area (Å²) in [6.07, 6.45) is -0.860. The number of hydrogen-bond acceptors (Lipinski definition) is 5. The Balaban J connectivity index is 2.25. The molecular weight excluding hydrogens is 424 g/mol. The van der Waals surface area contributed by atoms with Crippen molar-refractivity contribution in [2.75, 3.05) is 5.32 Å². The summed E-state index contributed by atoms with van der Waals surface area (Å²) < 4.78 is 81.0. The summed E-state index contributed by atoms with van der Waals surface area (Å²) in [6.45, 7) is 0.777. The first-order chi connectivity index (χ1) is 13.6. The Kier molecular flexibility index (Phi) is 5.60. The predicted octanol–water partition coefficient (Wildman–Crippen LogP) is 5.03. The van der Waals surface area contributed by atoms with Crippen LogP contribution in [-0.2, 0) is 0 Å². The molecule has 2 aromatic heterocycles. The zero-order valence-corrected chi connectivity index (χ0v) is 15.2. The van der Waals surface area contributed by atoms with Crippen molar-refractivity contribution < 1.29 is 26.3 Å². The fourth-order valence-electron chi connectivity index (χ4n) is 2.36. The molecule has 0 saturated heterocycles. The minimum absolute atomic E-state index is 0.0590. The molecule has 0 aliphatic rings. The largest absolute Gasteiger partial charge is 0.408 e. The highest BCUT2D eigenvalue weighted by atomic mass is 35.5. The zero-order valence-electron chi connectivity index (χ0n) is 14.4. The van der Waals surface area contributed by atoms with Crippen molar-refractivity contribution >= 4 is 17.4 Å². The van der Waals surface area contributed by atoms with Crippen molar-refractivity contribution in [2.45, 2.75) is 19.1 Å². The zero-order chi connectivity index (χ0) is 21.3. The summed E-state index contributed by atoms with van der Waals surface area (Å²) in [5, 5.41) is 1.47. The number of aromatic nitrogens is 4. The van der Waals surface area contributed by atoms with E-state index in [0.717, 1.165) is 6.92 Å². The summed E-state index contributed by atoms with van der Waals surface area (Å²) >= 11 is 6.05. The monoisotopic (exact) mass is 433 g/mol. The second-order valence-electron chi connectivity index (χ2n) is 5.80. The molecule has 0 spiro atoms. The van der Waals surface area contributed by atoms with Crippen molar-refractivity contribution in [3.8, 4) is 22.6 Å². The lowest BCUT2D eigenvalue weighted by Gasteiger charge is -2.21. The number of nitrogens with zero attached hydrogens (tertiary/aromatic N) is 4. The smallest absolute Gasteiger partial charge is 0.358 e. The summed E-state index contributed by atoms with van der Waals surface area (Å²) in [4.78, 5) is 15.5. The molecule has 0 fully saturated rings. The first-order valence-corrected chi connectivity index (χ1v) is 8.27. The van der Waals surface area contributed by atoms with Crippen LogP contribution in [0, 0.1) is 17.5 Å². The molecule has 0 bridgehead atoms. The van der Waals surface area contributed by atoms with Crippen molar-refractivity contribution in [3.63, 3.8) is 0 Å². The van der Waals surface area contributed by atoms with Gasteiger partial charge in [0.15, 0.2) is 5.82 Å². The van der Waals surface area contributed by atoms with Crippen LogP contribution in [0.3, 0.4) is 0 Å². The molecule has 1 N–H and O–H groups in total. The van der Waals surface area contributed by atoms with Crippen LogP contribution >= 0.6 is 11.6 Å². The van der Waals surface area contributed by atoms with Crippen molar-refractivity contribution in [1.29, 1.82) is 0 Å². The Morgan fingerprint density at radius 2 is 1.66 bits per heavy atom. The first-order valence-electron chi connectivity index (χ1n) is 7.90. The summed E-state index contributed by atoms with van der Waals surface area (Å²) in [5.41, 5.74) is -1.41. The topological polar surface area (TPSA) is 63.6 Å². The van der Waals surface area contributed by atoms with Crippen LogP contribution in [-0.4, -0.2) is 32.2 Å². The Morgan fingerprint density at radius 1 is 1.00 bits per heavy atom. The van der Waals surface area contributed by atoms with Gasteiger partial charge >= 0.3 is 6.18 Å². The molecule has 152 valence electrons. The van der Waals surface area contributed by atoms with E-state index in [2.05, 4.69) is 19.9 Å². The molecule has 12 heteroatoms. The molecule has 3 aromatic rings. The fourth-order valence-corrected chi connectivity index (χ4v) is 2.62. The van der Waals surface area contributed by atoms with Gasteiger partial charge in [0, 0.05) is 24.5 Å². The second kappa shape index (κ2) is 7.82. The van der Waals surface area contributed by atoms with Crippen LogP contribution < -0.4 is 5.32 Å². The molecule has 0 radical (unpaired) electrons. The number of halogens is 7. The molecule has 2 heterocycles. The van der Waals surface area contributed by atoms with Gasteiger partial charge in [0.05, 0.1) is 17.3 Å². The summed E-state index contributed by atoms with van der Waals surface area (Å²) in [5.74, 6) is -4.83. The van der Waals surface area contributed by atoms with Crippen LogP contribution in [0.5, 0.6) is 0 Å². The van der Waals surface area contributed by atoms with Crippen LogP contribution in [0.15, 0.2) is 30.7 Å². The second-order valence-corrected chi connectivity index (χ2v) is 6.16. The number of anilines is 1. The van der Waals surface area contributed by atoms with E-state index in [1.807, 2.05) is 5.32 Å². The SMILES string of the molecule is CC(Nc1nc(-c2cnccn2)nc(Cl)c1-c1c(F)cc(F)cc1F)C(F)(F)F. The van der Waals surface area contributed by atoms with E-state index in [-0.39, 0.29) is 11.5 Å². The average molecular weight is 434 g/mol. The Morgan fingerprint density at radius 3 is 2.21 bits per heavy atom. The average Bonchev–Trinajstić information content (AvgIpc) is 2.62. The van der Waals surface area contributed by atoms with E-state index in [1.54, 1.807) is 0 Å². The van der Waals surface area contributed by atoms with Gasteiger partial charge in [-0.05, 0) is 6.92 Å². The van der Waals surface area contributed by atoms with E-state index in [4.69, 9.17) is 11.6 Å². The first kappa shape index (κ1) is 20.8. The minimum Gasteiger partial charge on any atom is -0.358 e. The number of rotatable bonds is 4. The third-order valence-electron chi connectivity index (χ3n) is 3.76. The van der Waals surface area contributed by atoms with Gasteiger partial charge in [-0.1, -0.05) is 11.6 Å². The van der Waals surface area contributed by atoms with Gasteiger partial charge in [-0.15, -0.1) is 0 Å². The molecule has 0 saturated carbocycles. The van der Waals surface area contributed by atoms with Crippen LogP contribution in [0.2, 0.25) is 5.15 Å². The number of hydrogen-bond donors (Lipinski definition) is 1. The summed E-state index contributed by atoms with van der Waals surface area (Å²) in [7, 11) is 0. The molecule has 1 unspecified atom stereocenters. The molecular formula is C17H10ClF6N5. The molecule has 5 nitrogen and oxygen atoms in total. The Hall–Kier alpha value is -2.95. The number of nitrogens with one attached hydrogen (secondary N) is 1. The third kappa shape index (κ3) is 4.39. The van der Waals surface area contributed by atoms with Crippen LogP contribution in [0.1, 0.15) is 6.92 Å². The van der Waals surface area contributed by atoms with Gasteiger partial charge in [0.25, 0.3) is 0 Å². The molecule has 1 atom stereocenters. The normalized spacial score (nSPS) is 12.7. The Bertz CT molecular complexity index is 1020. The summed E-state index contributed by atoms with van der Waals surface area (Å²) in [6, 6.07) is -1.43. The maximum Gasteiger partial charge on any atom is 0.408 e. The van der Waals surface area contributed by atoms with E-state index >= 15 is 0 Å². The van der Waals surface area contributed by atoms with Crippen molar-refractivity contribution in [2.24, 2.45) is 0 Å². The van der Waals surface area contributed by atoms with Gasteiger partial charge in [-0.2, -0.15) is 13.2 Å². The van der Waals surface area contributed by atoms with Crippen LogP contribution in [0.4, 0.5) is 32.2 Å². The fraction of sp³-hybridized carbons (Fsp3) is 0.176. The highest BCUT2D eigenvalue weighted by Gasteiger charge is 2.37. The standard InChI is InChI=1S/C17H10ClF6N5/c1-7(17(22,23)24)27-16-13(12-9(20)4-8(19)5-10(12)21)14(18)28-15(29-16)11-6-25-2-3-26-11/h2-7H,1H3,(H,27,28,29). The van der Waals surface area contributed by atoms with Gasteiger partial charge in [-0.3, -0.25) is 4.98 Å². The lowest BCUT2D eigenvalue weighted by Crippen LogP contribution is -2.33. The number of benzene rings is 1. The molecule has 1 aromatic carbocycles. The molecule has 3 rings (SSSR count). The van der Waals surface area contributed by atoms with Gasteiger partial charge < -0.3 is 5.32 Å². The van der Waals surface area contributed by atoms with Crippen molar-refractivity contribution in [3.05, 3.63) is 53.3 Å². The highest BCUT2D eigenvalue weighted by Crippen LogP contribution is 2.38. The third-order valence-corrected chi connectivity index (χ3v) is 4.03. The van der Waals surface area contributed by atoms with E-state index in [1.165, 1.54) is 18.6 Å². The molecule has 0 amide bonds. The predicted molar refractivity (Wildman–Crippen MR) is 92.5 cm³/mol. The lowest BCUT2D eigenvalue weighted by atomic mass is 10.1. The molecule has 0 aliphatic heterocycles. The van der Waals surface area contributed by atoms with Gasteiger partial charge in [0.1, 0.15) is 40.2 Å². The maximum atomic E-state index is 14.3. The maximum absolute atomic E-state index is 14.3. The Labute approximate surface area is 164 Å².